The maximum absolute atomic E-state index is 12.4. The van der Waals surface area contributed by atoms with E-state index in [0.717, 1.165) is 26.7 Å². The summed E-state index contributed by atoms with van der Waals surface area (Å²) in [7, 11) is 0. The van der Waals surface area contributed by atoms with Gasteiger partial charge in [-0.25, -0.2) is 0 Å². The molecule has 0 aliphatic carbocycles. The fourth-order valence-corrected chi connectivity index (χ4v) is 4.27. The second-order valence-corrected chi connectivity index (χ2v) is 8.99. The highest BCUT2D eigenvalue weighted by Gasteiger charge is 2.18. The van der Waals surface area contributed by atoms with E-state index >= 15 is 0 Å². The van der Waals surface area contributed by atoms with Gasteiger partial charge in [-0.3, -0.25) is 9.36 Å². The molecule has 4 aromatic rings. The van der Waals surface area contributed by atoms with Crippen LogP contribution in [0.2, 0.25) is 0 Å². The Morgan fingerprint density at radius 3 is 2.81 bits per heavy atom. The number of furan rings is 1. The van der Waals surface area contributed by atoms with E-state index in [9.17, 15) is 4.79 Å². The number of fused-ring (bicyclic) bond motifs is 1. The van der Waals surface area contributed by atoms with Gasteiger partial charge in [0.05, 0.1) is 5.75 Å². The van der Waals surface area contributed by atoms with Gasteiger partial charge >= 0.3 is 0 Å². The van der Waals surface area contributed by atoms with Crippen LogP contribution in [0.15, 0.2) is 69.2 Å². The Labute approximate surface area is 192 Å². The molecule has 2 aromatic carbocycles. The van der Waals surface area contributed by atoms with Crippen molar-refractivity contribution >= 4 is 50.3 Å². The van der Waals surface area contributed by atoms with Crippen molar-refractivity contribution in [1.29, 1.82) is 0 Å². The molecule has 2 heterocycles. The fraction of sp³-hybridized carbons (Fsp3) is 0.174. The van der Waals surface area contributed by atoms with Crippen molar-refractivity contribution in [3.63, 3.8) is 0 Å². The highest BCUT2D eigenvalue weighted by molar-refractivity contribution is 9.10. The van der Waals surface area contributed by atoms with E-state index in [1.807, 2.05) is 60.9 Å². The van der Waals surface area contributed by atoms with Crippen LogP contribution in [0.1, 0.15) is 11.1 Å². The topological polar surface area (TPSA) is 73.0 Å². The van der Waals surface area contributed by atoms with Crippen molar-refractivity contribution in [1.82, 2.24) is 14.8 Å². The van der Waals surface area contributed by atoms with E-state index < -0.39 is 0 Å². The predicted molar refractivity (Wildman–Crippen MR) is 128 cm³/mol. The summed E-state index contributed by atoms with van der Waals surface area (Å²) in [5.74, 6) is 1.34. The number of nitrogens with one attached hydrogen (secondary N) is 1. The molecule has 1 N–H and O–H groups in total. The Balaban J connectivity index is 1.52. The van der Waals surface area contributed by atoms with Gasteiger partial charge in [-0.2, -0.15) is 0 Å². The molecule has 2 aromatic heterocycles. The summed E-state index contributed by atoms with van der Waals surface area (Å²) in [4.78, 5) is 12.4. The summed E-state index contributed by atoms with van der Waals surface area (Å²) in [6.07, 6.45) is 1.77. The molecule has 0 aliphatic heterocycles. The van der Waals surface area contributed by atoms with Gasteiger partial charge in [0.1, 0.15) is 5.58 Å². The Bertz CT molecular complexity index is 1280. The summed E-state index contributed by atoms with van der Waals surface area (Å²) < 4.78 is 8.84. The lowest BCUT2D eigenvalue weighted by Gasteiger charge is -2.08. The minimum absolute atomic E-state index is 0.100. The number of aromatic nitrogens is 3. The highest BCUT2D eigenvalue weighted by atomic mass is 79.9. The Morgan fingerprint density at radius 1 is 1.19 bits per heavy atom. The normalized spacial score (nSPS) is 11.1. The zero-order valence-electron chi connectivity index (χ0n) is 17.2. The largest absolute Gasteiger partial charge is 0.453 e. The third kappa shape index (κ3) is 4.75. The predicted octanol–water partition coefficient (Wildman–Crippen LogP) is 5.99. The Kier molecular flexibility index (Phi) is 6.29. The molecule has 6 nitrogen and oxygen atoms in total. The molecule has 0 unspecified atom stereocenters. The molecule has 0 bridgehead atoms. The molecular weight excluding hydrogens is 476 g/mol. The zero-order valence-corrected chi connectivity index (χ0v) is 19.6. The van der Waals surface area contributed by atoms with Crippen LogP contribution in [-0.4, -0.2) is 26.4 Å². The van der Waals surface area contributed by atoms with Crippen LogP contribution in [0.4, 0.5) is 5.69 Å². The monoisotopic (exact) mass is 496 g/mol. The number of rotatable bonds is 7. The van der Waals surface area contributed by atoms with Crippen LogP contribution >= 0.6 is 27.7 Å². The number of hydrogen-bond acceptors (Lipinski definition) is 5. The molecular formula is C23H21BrN4O2S. The van der Waals surface area contributed by atoms with Crippen molar-refractivity contribution < 1.29 is 9.21 Å². The standard InChI is InChI=1S/C23H21BrN4O2S/c1-4-9-28-22(20-12-16-11-17(24)6-8-19(16)30-20)26-27-23(28)31-13-21(29)25-18-7-5-14(2)15(3)10-18/h4-8,10-12H,1,9,13H2,2-3H3,(H,25,29). The van der Waals surface area contributed by atoms with Crippen molar-refractivity contribution in [2.24, 2.45) is 0 Å². The van der Waals surface area contributed by atoms with Gasteiger partial charge in [-0.05, 0) is 61.4 Å². The average Bonchev–Trinajstić information content (AvgIpc) is 3.33. The Morgan fingerprint density at radius 2 is 2.03 bits per heavy atom. The number of carbonyl (C=O) groups is 1. The van der Waals surface area contributed by atoms with Crippen LogP contribution in [-0.2, 0) is 11.3 Å². The molecule has 0 aliphatic rings. The number of halogens is 1. The molecule has 0 fully saturated rings. The lowest BCUT2D eigenvalue weighted by atomic mass is 10.1. The average molecular weight is 497 g/mol. The number of nitrogens with zero attached hydrogens (tertiary/aromatic N) is 3. The van der Waals surface area contributed by atoms with Crippen LogP contribution in [0.25, 0.3) is 22.6 Å². The minimum Gasteiger partial charge on any atom is -0.453 e. The maximum atomic E-state index is 12.4. The molecule has 0 spiro atoms. The summed E-state index contributed by atoms with van der Waals surface area (Å²) in [5, 5.41) is 13.1. The number of amides is 1. The highest BCUT2D eigenvalue weighted by Crippen LogP contribution is 2.31. The number of hydrogen-bond donors (Lipinski definition) is 1. The van der Waals surface area contributed by atoms with E-state index in [1.165, 1.54) is 17.3 Å². The lowest BCUT2D eigenvalue weighted by molar-refractivity contribution is -0.113. The van der Waals surface area contributed by atoms with Gasteiger partial charge in [-0.15, -0.1) is 16.8 Å². The molecule has 0 atom stereocenters. The van der Waals surface area contributed by atoms with Crippen molar-refractivity contribution in [2.45, 2.75) is 25.5 Å². The summed E-state index contributed by atoms with van der Waals surface area (Å²) in [6.45, 7) is 8.40. The minimum atomic E-state index is -0.100. The first-order valence-corrected chi connectivity index (χ1v) is 11.5. The van der Waals surface area contributed by atoms with Crippen LogP contribution < -0.4 is 5.32 Å². The molecule has 8 heteroatoms. The van der Waals surface area contributed by atoms with Crippen LogP contribution in [0.3, 0.4) is 0 Å². The molecule has 4 rings (SSSR count). The van der Waals surface area contributed by atoms with Crippen LogP contribution in [0.5, 0.6) is 0 Å². The van der Waals surface area contributed by atoms with Crippen LogP contribution in [0, 0.1) is 13.8 Å². The second kappa shape index (κ2) is 9.11. The maximum Gasteiger partial charge on any atom is 0.234 e. The van der Waals surface area contributed by atoms with Gasteiger partial charge in [-0.1, -0.05) is 39.8 Å². The van der Waals surface area contributed by atoms with Gasteiger partial charge in [0, 0.05) is 22.1 Å². The summed E-state index contributed by atoms with van der Waals surface area (Å²) >= 11 is 4.80. The first kappa shape index (κ1) is 21.4. The fourth-order valence-electron chi connectivity index (χ4n) is 3.14. The summed E-state index contributed by atoms with van der Waals surface area (Å²) in [5.41, 5.74) is 3.89. The van der Waals surface area contributed by atoms with E-state index in [2.05, 4.69) is 38.0 Å². The van der Waals surface area contributed by atoms with Crippen molar-refractivity contribution in [2.75, 3.05) is 11.1 Å². The molecule has 31 heavy (non-hydrogen) atoms. The molecule has 1 amide bonds. The quantitative estimate of drug-likeness (QED) is 0.251. The number of aryl methyl sites for hydroxylation is 2. The number of benzene rings is 2. The molecule has 0 radical (unpaired) electrons. The third-order valence-corrected chi connectivity index (χ3v) is 6.31. The number of allylic oxidation sites excluding steroid dienone is 1. The summed E-state index contributed by atoms with van der Waals surface area (Å²) in [6, 6.07) is 13.6. The van der Waals surface area contributed by atoms with E-state index in [-0.39, 0.29) is 11.7 Å². The van der Waals surface area contributed by atoms with E-state index in [1.54, 1.807) is 6.08 Å². The number of thioether (sulfide) groups is 1. The molecule has 158 valence electrons. The van der Waals surface area contributed by atoms with E-state index in [0.29, 0.717) is 23.3 Å². The second-order valence-electron chi connectivity index (χ2n) is 7.13. The zero-order chi connectivity index (χ0) is 22.0. The smallest absolute Gasteiger partial charge is 0.234 e. The SMILES string of the molecule is C=CCn1c(SCC(=O)Nc2ccc(C)c(C)c2)nnc1-c1cc2cc(Br)ccc2o1. The Hall–Kier alpha value is -2.84. The lowest BCUT2D eigenvalue weighted by Crippen LogP contribution is -2.14. The van der Waals surface area contributed by atoms with Gasteiger partial charge in [0.2, 0.25) is 11.7 Å². The van der Waals surface area contributed by atoms with Gasteiger partial charge in [0.25, 0.3) is 0 Å². The van der Waals surface area contributed by atoms with Gasteiger partial charge < -0.3 is 9.73 Å². The van der Waals surface area contributed by atoms with Crippen molar-refractivity contribution in [3.8, 4) is 11.6 Å². The third-order valence-electron chi connectivity index (χ3n) is 4.85. The van der Waals surface area contributed by atoms with Crippen molar-refractivity contribution in [3.05, 3.63) is 70.7 Å². The van der Waals surface area contributed by atoms with E-state index in [4.69, 9.17) is 4.42 Å². The first-order chi connectivity index (χ1) is 14.9. The molecule has 0 saturated heterocycles. The van der Waals surface area contributed by atoms with Gasteiger partial charge in [0.15, 0.2) is 10.9 Å². The number of carbonyl (C=O) groups excluding carboxylic acids is 1. The first-order valence-electron chi connectivity index (χ1n) is 9.68. The molecule has 0 saturated carbocycles. The number of anilines is 1.